The van der Waals surface area contributed by atoms with E-state index in [9.17, 15) is 14.0 Å². The van der Waals surface area contributed by atoms with Crippen molar-refractivity contribution in [3.05, 3.63) is 65.5 Å². The van der Waals surface area contributed by atoms with Crippen LogP contribution in [-0.4, -0.2) is 42.9 Å². The zero-order valence-electron chi connectivity index (χ0n) is 17.2. The van der Waals surface area contributed by atoms with Gasteiger partial charge in [0.2, 0.25) is 11.8 Å². The van der Waals surface area contributed by atoms with E-state index in [4.69, 9.17) is 0 Å². The van der Waals surface area contributed by atoms with Gasteiger partial charge in [0.25, 0.3) is 0 Å². The lowest BCUT2D eigenvalue weighted by Gasteiger charge is -2.39. The van der Waals surface area contributed by atoms with Crippen molar-refractivity contribution in [3.8, 4) is 0 Å². The second-order valence-corrected chi connectivity index (χ2v) is 7.99. The maximum absolute atomic E-state index is 13.1. The quantitative estimate of drug-likeness (QED) is 0.789. The van der Waals surface area contributed by atoms with Crippen molar-refractivity contribution < 1.29 is 14.0 Å². The molecule has 6 heteroatoms. The summed E-state index contributed by atoms with van der Waals surface area (Å²) in [5.41, 5.74) is 1.94. The van der Waals surface area contributed by atoms with Crippen LogP contribution in [0.5, 0.6) is 0 Å². The molecule has 2 aromatic rings. The van der Waals surface area contributed by atoms with Crippen LogP contribution in [0.1, 0.15) is 25.0 Å². The van der Waals surface area contributed by atoms with Crippen LogP contribution in [-0.2, 0) is 16.1 Å². The van der Waals surface area contributed by atoms with Crippen molar-refractivity contribution in [2.24, 2.45) is 5.41 Å². The molecule has 0 aliphatic carbocycles. The summed E-state index contributed by atoms with van der Waals surface area (Å²) >= 11 is 0. The van der Waals surface area contributed by atoms with Crippen LogP contribution < -0.4 is 10.2 Å². The van der Waals surface area contributed by atoms with Gasteiger partial charge in [0, 0.05) is 38.4 Å². The average molecular weight is 397 g/mol. The third kappa shape index (κ3) is 4.75. The minimum absolute atomic E-state index is 0.168. The Morgan fingerprint density at radius 1 is 1.00 bits per heavy atom. The molecule has 2 aromatic carbocycles. The minimum Gasteiger partial charge on any atom is -0.368 e. The maximum Gasteiger partial charge on any atom is 0.237 e. The Morgan fingerprint density at radius 2 is 1.62 bits per heavy atom. The van der Waals surface area contributed by atoms with E-state index in [1.54, 1.807) is 30.9 Å². The minimum atomic E-state index is -1.14. The van der Waals surface area contributed by atoms with Crippen LogP contribution in [0.25, 0.3) is 0 Å². The van der Waals surface area contributed by atoms with Gasteiger partial charge in [-0.15, -0.1) is 0 Å². The molecular formula is C23H28FN3O2. The third-order valence-electron chi connectivity index (χ3n) is 5.56. The molecule has 1 fully saturated rings. The number of hydrogen-bond acceptors (Lipinski definition) is 3. The van der Waals surface area contributed by atoms with Crippen molar-refractivity contribution in [2.75, 3.05) is 31.1 Å². The molecule has 3 rings (SSSR count). The molecule has 29 heavy (non-hydrogen) atoms. The SMILES string of the molecule is Cc1ccccc1CNC(=O)C(C)(C)C(=O)N1CCN(c2ccc(F)cc2)CC1. The molecule has 5 nitrogen and oxygen atoms in total. The zero-order chi connectivity index (χ0) is 21.0. The Hall–Kier alpha value is -2.89. The molecule has 1 aliphatic rings. The highest BCUT2D eigenvalue weighted by atomic mass is 19.1. The van der Waals surface area contributed by atoms with Crippen LogP contribution in [0.3, 0.4) is 0 Å². The van der Waals surface area contributed by atoms with E-state index < -0.39 is 5.41 Å². The van der Waals surface area contributed by atoms with Crippen LogP contribution in [0.2, 0.25) is 0 Å². The first-order valence-electron chi connectivity index (χ1n) is 9.92. The van der Waals surface area contributed by atoms with Crippen LogP contribution in [0.15, 0.2) is 48.5 Å². The molecule has 0 aromatic heterocycles. The summed E-state index contributed by atoms with van der Waals surface area (Å²) in [7, 11) is 0. The molecule has 1 aliphatic heterocycles. The number of anilines is 1. The van der Waals surface area contributed by atoms with Gasteiger partial charge in [-0.3, -0.25) is 9.59 Å². The van der Waals surface area contributed by atoms with E-state index in [2.05, 4.69) is 10.2 Å². The fraction of sp³-hybridized carbons (Fsp3) is 0.391. The van der Waals surface area contributed by atoms with Gasteiger partial charge < -0.3 is 15.1 Å². The molecule has 1 saturated heterocycles. The largest absolute Gasteiger partial charge is 0.368 e. The fourth-order valence-electron chi connectivity index (χ4n) is 3.52. The third-order valence-corrected chi connectivity index (χ3v) is 5.56. The summed E-state index contributed by atoms with van der Waals surface area (Å²) in [4.78, 5) is 29.6. The van der Waals surface area contributed by atoms with Gasteiger partial charge in [-0.1, -0.05) is 24.3 Å². The Morgan fingerprint density at radius 3 is 2.24 bits per heavy atom. The number of aryl methyl sites for hydroxylation is 1. The summed E-state index contributed by atoms with van der Waals surface area (Å²) in [5.74, 6) is -0.703. The standard InChI is InChI=1S/C23H28FN3O2/c1-17-6-4-5-7-18(17)16-25-21(28)23(2,3)22(29)27-14-12-26(13-15-27)20-10-8-19(24)9-11-20/h4-11H,12-16H2,1-3H3,(H,25,28). The molecule has 0 atom stereocenters. The number of carbonyl (C=O) groups excluding carboxylic acids is 2. The predicted molar refractivity (Wildman–Crippen MR) is 112 cm³/mol. The van der Waals surface area contributed by atoms with Gasteiger partial charge in [0.05, 0.1) is 0 Å². The van der Waals surface area contributed by atoms with E-state index in [0.29, 0.717) is 32.7 Å². The Kier molecular flexibility index (Phi) is 6.20. The van der Waals surface area contributed by atoms with E-state index in [1.807, 2.05) is 31.2 Å². The number of nitrogens with one attached hydrogen (secondary N) is 1. The first-order valence-corrected chi connectivity index (χ1v) is 9.92. The Balaban J connectivity index is 1.56. The summed E-state index contributed by atoms with van der Waals surface area (Å²) in [6.45, 7) is 8.12. The Labute approximate surface area is 171 Å². The van der Waals surface area contributed by atoms with Crippen molar-refractivity contribution in [3.63, 3.8) is 0 Å². The number of rotatable bonds is 5. The van der Waals surface area contributed by atoms with E-state index in [0.717, 1.165) is 16.8 Å². The van der Waals surface area contributed by atoms with Gasteiger partial charge in [-0.2, -0.15) is 0 Å². The average Bonchev–Trinajstić information content (AvgIpc) is 2.73. The molecule has 154 valence electrons. The van der Waals surface area contributed by atoms with Crippen molar-refractivity contribution in [2.45, 2.75) is 27.3 Å². The second kappa shape index (κ2) is 8.64. The van der Waals surface area contributed by atoms with Crippen molar-refractivity contribution in [1.29, 1.82) is 0 Å². The zero-order valence-corrected chi connectivity index (χ0v) is 17.2. The molecule has 0 unspecified atom stereocenters. The molecular weight excluding hydrogens is 369 g/mol. The number of piperazine rings is 1. The van der Waals surface area contributed by atoms with E-state index >= 15 is 0 Å². The molecule has 0 bridgehead atoms. The number of halogens is 1. The van der Waals surface area contributed by atoms with Crippen LogP contribution in [0.4, 0.5) is 10.1 Å². The summed E-state index contributed by atoms with van der Waals surface area (Å²) in [5, 5.41) is 2.91. The summed E-state index contributed by atoms with van der Waals surface area (Å²) < 4.78 is 13.1. The summed E-state index contributed by atoms with van der Waals surface area (Å²) in [6, 6.07) is 14.2. The second-order valence-electron chi connectivity index (χ2n) is 7.99. The number of benzene rings is 2. The lowest BCUT2D eigenvalue weighted by atomic mass is 9.89. The summed E-state index contributed by atoms with van der Waals surface area (Å²) in [6.07, 6.45) is 0. The van der Waals surface area contributed by atoms with Crippen molar-refractivity contribution in [1.82, 2.24) is 10.2 Å². The van der Waals surface area contributed by atoms with Gasteiger partial charge in [0.1, 0.15) is 11.2 Å². The van der Waals surface area contributed by atoms with Gasteiger partial charge in [-0.05, 0) is 56.2 Å². The van der Waals surface area contributed by atoms with E-state index in [-0.39, 0.29) is 17.6 Å². The number of nitrogens with zero attached hydrogens (tertiary/aromatic N) is 2. The number of carbonyl (C=O) groups is 2. The number of hydrogen-bond donors (Lipinski definition) is 1. The Bertz CT molecular complexity index is 872. The van der Waals surface area contributed by atoms with Gasteiger partial charge >= 0.3 is 0 Å². The van der Waals surface area contributed by atoms with Gasteiger partial charge in [0.15, 0.2) is 0 Å². The molecule has 1 N–H and O–H groups in total. The van der Waals surface area contributed by atoms with Crippen LogP contribution in [0, 0.1) is 18.2 Å². The fourth-order valence-corrected chi connectivity index (χ4v) is 3.52. The highest BCUT2D eigenvalue weighted by molar-refractivity contribution is 6.04. The lowest BCUT2D eigenvalue weighted by molar-refractivity contribution is -0.148. The van der Waals surface area contributed by atoms with Gasteiger partial charge in [-0.25, -0.2) is 4.39 Å². The molecule has 1 heterocycles. The predicted octanol–water partition coefficient (Wildman–Crippen LogP) is 3.13. The normalized spacial score (nSPS) is 14.6. The molecule has 2 amide bonds. The first-order chi connectivity index (χ1) is 13.8. The van der Waals surface area contributed by atoms with E-state index in [1.165, 1.54) is 12.1 Å². The maximum atomic E-state index is 13.1. The molecule has 0 spiro atoms. The number of amides is 2. The highest BCUT2D eigenvalue weighted by Gasteiger charge is 2.39. The van der Waals surface area contributed by atoms with Crippen LogP contribution >= 0.6 is 0 Å². The monoisotopic (exact) mass is 397 g/mol. The first kappa shape index (κ1) is 20.8. The topological polar surface area (TPSA) is 52.7 Å². The van der Waals surface area contributed by atoms with Crippen molar-refractivity contribution >= 4 is 17.5 Å². The molecule has 0 radical (unpaired) electrons. The smallest absolute Gasteiger partial charge is 0.237 e. The highest BCUT2D eigenvalue weighted by Crippen LogP contribution is 2.23. The lowest BCUT2D eigenvalue weighted by Crippen LogP contribution is -2.55. The molecule has 0 saturated carbocycles.